The Balaban J connectivity index is 0.00000256. The van der Waals surface area contributed by atoms with Crippen LogP contribution in [0.2, 0.25) is 5.15 Å². The highest BCUT2D eigenvalue weighted by Gasteiger charge is 2.08. The maximum Gasteiger partial charge on any atom is 0.160 e. The maximum atomic E-state index is 10.1. The second-order valence-corrected chi connectivity index (χ2v) is 7.12. The number of halogens is 3. The minimum atomic E-state index is -0.612. The van der Waals surface area contributed by atoms with Crippen molar-refractivity contribution in [2.75, 3.05) is 33.9 Å². The molecule has 3 aromatic rings. The van der Waals surface area contributed by atoms with E-state index in [4.69, 9.17) is 25.8 Å². The van der Waals surface area contributed by atoms with E-state index < -0.39 is 6.10 Å². The van der Waals surface area contributed by atoms with Crippen molar-refractivity contribution in [3.63, 3.8) is 0 Å². The molecule has 0 spiro atoms. The first-order valence-corrected chi connectivity index (χ1v) is 10.00. The van der Waals surface area contributed by atoms with Crippen LogP contribution < -0.4 is 19.5 Å². The summed E-state index contributed by atoms with van der Waals surface area (Å²) in [5.74, 6) is 2.80. The topological polar surface area (TPSA) is 88.6 Å². The van der Waals surface area contributed by atoms with Crippen LogP contribution in [0.25, 0.3) is 11.4 Å². The highest BCUT2D eigenvalue weighted by atomic mass is 35.5. The lowest BCUT2D eigenvalue weighted by Crippen LogP contribution is -2.32. The highest BCUT2D eigenvalue weighted by Crippen LogP contribution is 2.27. The minimum absolute atomic E-state index is 0. The third-order valence-electron chi connectivity index (χ3n) is 4.53. The van der Waals surface area contributed by atoms with Gasteiger partial charge < -0.3 is 29.6 Å². The largest absolute Gasteiger partial charge is 0.493 e. The van der Waals surface area contributed by atoms with Crippen LogP contribution in [0.4, 0.5) is 0 Å². The second kappa shape index (κ2) is 14.1. The van der Waals surface area contributed by atoms with Gasteiger partial charge in [-0.2, -0.15) is 0 Å². The normalized spacial score (nSPS) is 11.1. The molecule has 3 rings (SSSR count). The van der Waals surface area contributed by atoms with Crippen LogP contribution in [0, 0.1) is 0 Å². The van der Waals surface area contributed by atoms with Gasteiger partial charge >= 0.3 is 0 Å². The number of benzene rings is 2. The van der Waals surface area contributed by atoms with E-state index in [0.717, 1.165) is 24.1 Å². The number of aliphatic hydroxyl groups excluding tert-OH is 1. The number of nitrogens with zero attached hydrogens (tertiary/aromatic N) is 1. The van der Waals surface area contributed by atoms with Crippen molar-refractivity contribution in [3.8, 4) is 28.6 Å². The number of aromatic nitrogens is 2. The molecule has 1 unspecified atom stereocenters. The molecule has 0 saturated carbocycles. The number of methoxy groups -OCH3 is 2. The molecule has 3 N–H and O–H groups in total. The number of hydrogen-bond acceptors (Lipinski definition) is 6. The first-order chi connectivity index (χ1) is 14.6. The predicted octanol–water partition coefficient (Wildman–Crippen LogP) is 4.16. The molecule has 2 aromatic carbocycles. The van der Waals surface area contributed by atoms with Crippen molar-refractivity contribution in [2.45, 2.75) is 12.5 Å². The van der Waals surface area contributed by atoms with Gasteiger partial charge in [0.1, 0.15) is 29.4 Å². The number of aromatic amines is 1. The molecule has 0 aliphatic carbocycles. The quantitative estimate of drug-likeness (QED) is 0.340. The third kappa shape index (κ3) is 8.07. The summed E-state index contributed by atoms with van der Waals surface area (Å²) in [4.78, 5) is 7.15. The van der Waals surface area contributed by atoms with Crippen LogP contribution >= 0.6 is 36.4 Å². The van der Waals surface area contributed by atoms with E-state index >= 15 is 0 Å². The first kappa shape index (κ1) is 27.9. The fourth-order valence-electron chi connectivity index (χ4n) is 2.94. The molecule has 1 aromatic heterocycles. The van der Waals surface area contributed by atoms with Gasteiger partial charge in [-0.3, -0.25) is 0 Å². The SMILES string of the molecule is COc1ccc(CCNCC(O)COc2ccc(-c3ncc(Cl)[nH]3)cc2)cc1OC.Cl.Cl. The van der Waals surface area contributed by atoms with Crippen LogP contribution in [0.15, 0.2) is 48.7 Å². The summed E-state index contributed by atoms with van der Waals surface area (Å²) in [6, 6.07) is 13.3. The molecular formula is C22H28Cl3N3O4. The Hall–Kier alpha value is -2.16. The van der Waals surface area contributed by atoms with Gasteiger partial charge in [0.15, 0.2) is 11.5 Å². The van der Waals surface area contributed by atoms with Crippen LogP contribution in [0.1, 0.15) is 5.56 Å². The van der Waals surface area contributed by atoms with E-state index in [1.54, 1.807) is 20.4 Å². The summed E-state index contributed by atoms with van der Waals surface area (Å²) in [5, 5.41) is 13.9. The molecule has 32 heavy (non-hydrogen) atoms. The zero-order valence-corrected chi connectivity index (χ0v) is 20.2. The van der Waals surface area contributed by atoms with Crippen LogP contribution in [-0.2, 0) is 6.42 Å². The summed E-state index contributed by atoms with van der Waals surface area (Å²) in [6.45, 7) is 1.37. The third-order valence-corrected chi connectivity index (χ3v) is 4.73. The average Bonchev–Trinajstić information content (AvgIpc) is 3.21. The van der Waals surface area contributed by atoms with Gasteiger partial charge in [0, 0.05) is 12.1 Å². The Labute approximate surface area is 205 Å². The number of nitrogens with one attached hydrogen (secondary N) is 2. The summed E-state index contributed by atoms with van der Waals surface area (Å²) < 4.78 is 16.2. The molecule has 1 heterocycles. The fourth-order valence-corrected chi connectivity index (χ4v) is 3.08. The van der Waals surface area contributed by atoms with E-state index in [9.17, 15) is 5.11 Å². The first-order valence-electron chi connectivity index (χ1n) is 9.62. The van der Waals surface area contributed by atoms with E-state index in [2.05, 4.69) is 15.3 Å². The van der Waals surface area contributed by atoms with E-state index in [1.807, 2.05) is 42.5 Å². The lowest BCUT2D eigenvalue weighted by Gasteiger charge is -2.14. The van der Waals surface area contributed by atoms with Gasteiger partial charge in [-0.25, -0.2) is 4.98 Å². The fraction of sp³-hybridized carbons (Fsp3) is 0.318. The highest BCUT2D eigenvalue weighted by molar-refractivity contribution is 6.29. The summed E-state index contributed by atoms with van der Waals surface area (Å²) in [6.07, 6.45) is 1.76. The van der Waals surface area contributed by atoms with Crippen LogP contribution in [0.5, 0.6) is 17.2 Å². The number of rotatable bonds is 11. The molecule has 0 aliphatic heterocycles. The van der Waals surface area contributed by atoms with E-state index in [1.165, 1.54) is 0 Å². The van der Waals surface area contributed by atoms with Crippen molar-refractivity contribution >= 4 is 36.4 Å². The molecule has 0 aliphatic rings. The zero-order chi connectivity index (χ0) is 21.3. The molecule has 0 saturated heterocycles. The van der Waals surface area contributed by atoms with Crippen molar-refractivity contribution in [3.05, 3.63) is 59.4 Å². The van der Waals surface area contributed by atoms with Crippen molar-refractivity contribution < 1.29 is 19.3 Å². The maximum absolute atomic E-state index is 10.1. The zero-order valence-electron chi connectivity index (χ0n) is 17.8. The molecule has 0 fully saturated rings. The monoisotopic (exact) mass is 503 g/mol. The molecule has 1 atom stereocenters. The Bertz CT molecular complexity index is 938. The number of ether oxygens (including phenoxy) is 3. The van der Waals surface area contributed by atoms with Crippen LogP contribution in [0.3, 0.4) is 0 Å². The standard InChI is InChI=1S/C22H26ClN3O4.2ClH/c1-28-19-8-3-15(11-20(19)29-2)9-10-24-12-17(27)14-30-18-6-4-16(5-7-18)22-25-13-21(23)26-22;;/h3-8,11,13,17,24,27H,9-10,12,14H2,1-2H3,(H,25,26);2*1H. The number of H-pyrrole nitrogens is 1. The molecule has 0 bridgehead atoms. The van der Waals surface area contributed by atoms with Crippen LogP contribution in [-0.4, -0.2) is 55.1 Å². The Kier molecular flexibility index (Phi) is 12.3. The number of aliphatic hydroxyl groups is 1. The summed E-state index contributed by atoms with van der Waals surface area (Å²) in [5.41, 5.74) is 2.04. The Morgan fingerprint density at radius 2 is 1.78 bits per heavy atom. The average molecular weight is 505 g/mol. The summed E-state index contributed by atoms with van der Waals surface area (Å²) in [7, 11) is 3.24. The Morgan fingerprint density at radius 1 is 1.06 bits per heavy atom. The van der Waals surface area contributed by atoms with Crippen molar-refractivity contribution in [2.24, 2.45) is 0 Å². The summed E-state index contributed by atoms with van der Waals surface area (Å²) >= 11 is 5.85. The number of imidazole rings is 1. The van der Waals surface area contributed by atoms with Gasteiger partial charge in [0.05, 0.1) is 20.4 Å². The second-order valence-electron chi connectivity index (χ2n) is 6.71. The minimum Gasteiger partial charge on any atom is -0.493 e. The van der Waals surface area contributed by atoms with Crippen molar-refractivity contribution in [1.82, 2.24) is 15.3 Å². The molecular weight excluding hydrogens is 477 g/mol. The molecule has 0 amide bonds. The smallest absolute Gasteiger partial charge is 0.160 e. The van der Waals surface area contributed by atoms with Gasteiger partial charge in [-0.05, 0) is 54.9 Å². The lowest BCUT2D eigenvalue weighted by molar-refractivity contribution is 0.106. The molecule has 176 valence electrons. The van der Waals surface area contributed by atoms with Gasteiger partial charge in [-0.1, -0.05) is 17.7 Å². The van der Waals surface area contributed by atoms with Gasteiger partial charge in [-0.15, -0.1) is 24.8 Å². The van der Waals surface area contributed by atoms with Gasteiger partial charge in [0.2, 0.25) is 0 Å². The molecule has 0 radical (unpaired) electrons. The number of hydrogen-bond donors (Lipinski definition) is 3. The Morgan fingerprint density at radius 3 is 2.41 bits per heavy atom. The van der Waals surface area contributed by atoms with E-state index in [-0.39, 0.29) is 31.4 Å². The van der Waals surface area contributed by atoms with E-state index in [0.29, 0.717) is 34.8 Å². The predicted molar refractivity (Wildman–Crippen MR) is 131 cm³/mol. The van der Waals surface area contributed by atoms with Crippen molar-refractivity contribution in [1.29, 1.82) is 0 Å². The van der Waals surface area contributed by atoms with Gasteiger partial charge in [0.25, 0.3) is 0 Å². The molecule has 10 heteroatoms. The molecule has 7 nitrogen and oxygen atoms in total. The lowest BCUT2D eigenvalue weighted by atomic mass is 10.1.